The second kappa shape index (κ2) is 9.44. The molecule has 30 heavy (non-hydrogen) atoms. The highest BCUT2D eigenvalue weighted by Gasteiger charge is 2.33. The van der Waals surface area contributed by atoms with Crippen molar-refractivity contribution in [2.24, 2.45) is 0 Å². The van der Waals surface area contributed by atoms with E-state index in [0.717, 1.165) is 24.2 Å². The molecule has 3 aromatic rings. The Balaban J connectivity index is 1.29. The maximum Gasteiger partial charge on any atom is 0.261 e. The summed E-state index contributed by atoms with van der Waals surface area (Å²) >= 11 is 0. The number of carbonyl (C=O) groups excluding carboxylic acids is 1. The molecule has 0 spiro atoms. The van der Waals surface area contributed by atoms with E-state index in [0.29, 0.717) is 17.9 Å². The Morgan fingerprint density at radius 2 is 1.50 bits per heavy atom. The van der Waals surface area contributed by atoms with Crippen molar-refractivity contribution in [2.75, 3.05) is 6.61 Å². The Bertz CT molecular complexity index is 971. The van der Waals surface area contributed by atoms with Gasteiger partial charge in [-0.15, -0.1) is 0 Å². The highest BCUT2D eigenvalue weighted by atomic mass is 19.1. The zero-order valence-corrected chi connectivity index (χ0v) is 16.7. The number of hydrogen-bond donors (Lipinski definition) is 0. The minimum Gasteiger partial charge on any atom is -0.489 e. The fourth-order valence-electron chi connectivity index (χ4n) is 3.22. The lowest BCUT2D eigenvalue weighted by atomic mass is 10.2. The van der Waals surface area contributed by atoms with Crippen molar-refractivity contribution in [1.82, 2.24) is 4.90 Å². The van der Waals surface area contributed by atoms with Gasteiger partial charge in [-0.2, -0.15) is 0 Å². The molecule has 1 saturated carbocycles. The molecule has 5 heteroatoms. The van der Waals surface area contributed by atoms with Crippen LogP contribution in [0.2, 0.25) is 0 Å². The average molecular weight is 405 g/mol. The summed E-state index contributed by atoms with van der Waals surface area (Å²) in [7, 11) is 0. The highest BCUT2D eigenvalue weighted by Crippen LogP contribution is 2.29. The van der Waals surface area contributed by atoms with Gasteiger partial charge in [0.2, 0.25) is 0 Å². The van der Waals surface area contributed by atoms with Crippen molar-refractivity contribution in [2.45, 2.75) is 32.0 Å². The van der Waals surface area contributed by atoms with Crippen LogP contribution in [0.5, 0.6) is 11.5 Å². The molecule has 0 heterocycles. The smallest absolute Gasteiger partial charge is 0.261 e. The molecule has 0 N–H and O–H groups in total. The van der Waals surface area contributed by atoms with Gasteiger partial charge in [0.15, 0.2) is 6.61 Å². The molecule has 0 bridgehead atoms. The van der Waals surface area contributed by atoms with E-state index in [9.17, 15) is 9.18 Å². The fourth-order valence-corrected chi connectivity index (χ4v) is 3.22. The quantitative estimate of drug-likeness (QED) is 0.504. The minimum absolute atomic E-state index is 0.0742. The Kier molecular flexibility index (Phi) is 6.28. The van der Waals surface area contributed by atoms with Crippen LogP contribution in [0, 0.1) is 5.82 Å². The number of hydrogen-bond acceptors (Lipinski definition) is 3. The molecule has 3 aromatic carbocycles. The summed E-state index contributed by atoms with van der Waals surface area (Å²) in [6, 6.07) is 23.9. The first kappa shape index (κ1) is 20.0. The average Bonchev–Trinajstić information content (AvgIpc) is 3.62. The number of rotatable bonds is 9. The second-order valence-electron chi connectivity index (χ2n) is 7.38. The van der Waals surface area contributed by atoms with E-state index in [1.807, 2.05) is 42.5 Å². The number of ether oxygens (including phenoxy) is 2. The number of carbonyl (C=O) groups is 1. The molecule has 1 fully saturated rings. The number of benzene rings is 3. The number of nitrogens with zero attached hydrogens (tertiary/aromatic N) is 1. The van der Waals surface area contributed by atoms with E-state index >= 15 is 0 Å². The fraction of sp³-hybridized carbons (Fsp3) is 0.240. The monoisotopic (exact) mass is 405 g/mol. The van der Waals surface area contributed by atoms with Gasteiger partial charge in [-0.1, -0.05) is 48.5 Å². The van der Waals surface area contributed by atoms with Gasteiger partial charge in [-0.25, -0.2) is 4.39 Å². The molecule has 0 saturated heterocycles. The standard InChI is InChI=1S/C25H24FNO3/c26-24-9-5-4-8-20(24)16-27(21-10-11-21)25(28)18-30-23-14-12-22(13-15-23)29-17-19-6-2-1-3-7-19/h1-9,12-15,21H,10-11,16-18H2. The third-order valence-corrected chi connectivity index (χ3v) is 5.04. The first-order valence-corrected chi connectivity index (χ1v) is 10.1. The molecule has 1 aliphatic rings. The summed E-state index contributed by atoms with van der Waals surface area (Å²) in [5, 5.41) is 0. The minimum atomic E-state index is -0.289. The van der Waals surface area contributed by atoms with Gasteiger partial charge >= 0.3 is 0 Å². The zero-order valence-electron chi connectivity index (χ0n) is 16.7. The molecule has 154 valence electrons. The van der Waals surface area contributed by atoms with E-state index in [2.05, 4.69) is 0 Å². The lowest BCUT2D eigenvalue weighted by Crippen LogP contribution is -2.36. The van der Waals surface area contributed by atoms with Crippen LogP contribution in [0.4, 0.5) is 4.39 Å². The van der Waals surface area contributed by atoms with Gasteiger partial charge in [-0.3, -0.25) is 4.79 Å². The molecule has 0 aliphatic heterocycles. The molecule has 0 atom stereocenters. The lowest BCUT2D eigenvalue weighted by molar-refractivity contribution is -0.134. The molecule has 0 radical (unpaired) electrons. The maximum atomic E-state index is 14.0. The first-order chi connectivity index (χ1) is 14.7. The van der Waals surface area contributed by atoms with Crippen molar-refractivity contribution < 1.29 is 18.7 Å². The van der Waals surface area contributed by atoms with Crippen molar-refractivity contribution in [3.8, 4) is 11.5 Å². The first-order valence-electron chi connectivity index (χ1n) is 10.1. The van der Waals surface area contributed by atoms with Crippen LogP contribution in [0.1, 0.15) is 24.0 Å². The Labute approximate surface area is 175 Å². The summed E-state index contributed by atoms with van der Waals surface area (Å²) in [6.45, 7) is 0.687. The predicted octanol–water partition coefficient (Wildman–Crippen LogP) is 4.97. The van der Waals surface area contributed by atoms with Gasteiger partial charge in [0.25, 0.3) is 5.91 Å². The largest absolute Gasteiger partial charge is 0.489 e. The highest BCUT2D eigenvalue weighted by molar-refractivity contribution is 5.78. The van der Waals surface area contributed by atoms with Crippen LogP contribution in [0.3, 0.4) is 0 Å². The maximum absolute atomic E-state index is 14.0. The van der Waals surface area contributed by atoms with Gasteiger partial charge in [0.05, 0.1) is 0 Å². The van der Waals surface area contributed by atoms with Crippen LogP contribution < -0.4 is 9.47 Å². The zero-order chi connectivity index (χ0) is 20.8. The van der Waals surface area contributed by atoms with E-state index in [1.165, 1.54) is 6.07 Å². The topological polar surface area (TPSA) is 38.8 Å². The number of halogens is 1. The van der Waals surface area contributed by atoms with Crippen LogP contribution in [-0.4, -0.2) is 23.5 Å². The third kappa shape index (κ3) is 5.38. The molecule has 0 unspecified atom stereocenters. The van der Waals surface area contributed by atoms with E-state index in [-0.39, 0.29) is 30.9 Å². The van der Waals surface area contributed by atoms with Gasteiger partial charge < -0.3 is 14.4 Å². The van der Waals surface area contributed by atoms with Gasteiger partial charge in [-0.05, 0) is 48.7 Å². The molecule has 1 aliphatic carbocycles. The summed E-state index contributed by atoms with van der Waals surface area (Å²) in [5.41, 5.74) is 1.62. The van der Waals surface area contributed by atoms with Crippen molar-refractivity contribution >= 4 is 5.91 Å². The van der Waals surface area contributed by atoms with Crippen LogP contribution >= 0.6 is 0 Å². The van der Waals surface area contributed by atoms with Gasteiger partial charge in [0, 0.05) is 18.2 Å². The molecule has 0 aromatic heterocycles. The van der Waals surface area contributed by atoms with Crippen LogP contribution in [0.15, 0.2) is 78.9 Å². The Morgan fingerprint density at radius 3 is 2.17 bits per heavy atom. The molecular formula is C25H24FNO3. The lowest BCUT2D eigenvalue weighted by Gasteiger charge is -2.23. The van der Waals surface area contributed by atoms with E-state index in [1.54, 1.807) is 35.2 Å². The van der Waals surface area contributed by atoms with Crippen LogP contribution in [0.25, 0.3) is 0 Å². The summed E-state index contributed by atoms with van der Waals surface area (Å²) in [6.07, 6.45) is 1.90. The molecular weight excluding hydrogens is 381 g/mol. The molecule has 4 nitrogen and oxygen atoms in total. The summed E-state index contributed by atoms with van der Waals surface area (Å²) in [4.78, 5) is 14.4. The Hall–Kier alpha value is -3.34. The second-order valence-corrected chi connectivity index (χ2v) is 7.38. The van der Waals surface area contributed by atoms with E-state index < -0.39 is 0 Å². The normalized spacial score (nSPS) is 13.0. The van der Waals surface area contributed by atoms with Gasteiger partial charge in [0.1, 0.15) is 23.9 Å². The van der Waals surface area contributed by atoms with E-state index in [4.69, 9.17) is 9.47 Å². The third-order valence-electron chi connectivity index (χ3n) is 5.04. The summed E-state index contributed by atoms with van der Waals surface area (Å²) < 4.78 is 25.4. The predicted molar refractivity (Wildman–Crippen MR) is 113 cm³/mol. The molecule has 4 rings (SSSR count). The van der Waals surface area contributed by atoms with Crippen molar-refractivity contribution in [3.05, 3.63) is 95.8 Å². The van der Waals surface area contributed by atoms with Crippen molar-refractivity contribution in [3.63, 3.8) is 0 Å². The Morgan fingerprint density at radius 1 is 0.867 bits per heavy atom. The summed E-state index contributed by atoms with van der Waals surface area (Å²) in [5.74, 6) is 0.904. The van der Waals surface area contributed by atoms with Crippen molar-refractivity contribution in [1.29, 1.82) is 0 Å². The number of amides is 1. The molecule has 1 amide bonds. The SMILES string of the molecule is O=C(COc1ccc(OCc2ccccc2)cc1)N(Cc1ccccc1F)C1CC1. The van der Waals surface area contributed by atoms with Crippen LogP contribution in [-0.2, 0) is 17.9 Å².